The molecule has 7 nitrogen and oxygen atoms in total. The molecule has 0 aliphatic carbocycles. The van der Waals surface area contributed by atoms with E-state index in [1.807, 2.05) is 55.5 Å². The molecule has 0 bridgehead atoms. The largest absolute Gasteiger partial charge is 0.496 e. The Balaban J connectivity index is 1.67. The Kier molecular flexibility index (Phi) is 6.82. The Morgan fingerprint density at radius 3 is 2.50 bits per heavy atom. The van der Waals surface area contributed by atoms with E-state index in [1.54, 1.807) is 39.9 Å². The van der Waals surface area contributed by atoms with Crippen LogP contribution < -0.4 is 19.5 Å². The Morgan fingerprint density at radius 1 is 1.00 bits per heavy atom. The second-order valence-electron chi connectivity index (χ2n) is 7.63. The first kappa shape index (κ1) is 22.9. The van der Waals surface area contributed by atoms with Crippen LogP contribution in [0.15, 0.2) is 71.5 Å². The molecular weight excluding hydrogens is 432 g/mol. The minimum absolute atomic E-state index is 0.211. The summed E-state index contributed by atoms with van der Waals surface area (Å²) in [7, 11) is 4.80. The van der Waals surface area contributed by atoms with Crippen LogP contribution in [0.3, 0.4) is 0 Å². The summed E-state index contributed by atoms with van der Waals surface area (Å²) < 4.78 is 22.2. The van der Waals surface area contributed by atoms with E-state index in [0.717, 1.165) is 33.3 Å². The molecule has 4 rings (SSSR count). The van der Waals surface area contributed by atoms with Gasteiger partial charge in [0.2, 0.25) is 5.91 Å². The van der Waals surface area contributed by atoms with Crippen LogP contribution in [-0.4, -0.2) is 32.2 Å². The Morgan fingerprint density at radius 2 is 1.79 bits per heavy atom. The number of hydrogen-bond acceptors (Lipinski definition) is 6. The van der Waals surface area contributed by atoms with E-state index in [0.29, 0.717) is 29.4 Å². The van der Waals surface area contributed by atoms with E-state index >= 15 is 0 Å². The van der Waals surface area contributed by atoms with Crippen LogP contribution in [0.5, 0.6) is 17.2 Å². The van der Waals surface area contributed by atoms with Crippen molar-refractivity contribution in [1.82, 2.24) is 10.3 Å². The minimum atomic E-state index is -0.211. The topological polar surface area (TPSA) is 82.8 Å². The molecule has 0 aliphatic rings. The van der Waals surface area contributed by atoms with Gasteiger partial charge in [-0.25, -0.2) is 0 Å². The third kappa shape index (κ3) is 4.73. The molecule has 2 aromatic heterocycles. The molecular formula is C27H26N2O5. The van der Waals surface area contributed by atoms with Gasteiger partial charge in [0, 0.05) is 34.9 Å². The van der Waals surface area contributed by atoms with Crippen LogP contribution in [0.1, 0.15) is 18.2 Å². The molecule has 174 valence electrons. The first-order chi connectivity index (χ1) is 16.5. The summed E-state index contributed by atoms with van der Waals surface area (Å²) in [5.74, 6) is 1.69. The minimum Gasteiger partial charge on any atom is -0.496 e. The number of nitrogens with one attached hydrogen (secondary N) is 1. The molecule has 0 fully saturated rings. The summed E-state index contributed by atoms with van der Waals surface area (Å²) >= 11 is 0. The van der Waals surface area contributed by atoms with Gasteiger partial charge in [-0.3, -0.25) is 9.78 Å². The molecule has 0 unspecified atom stereocenters. The summed E-state index contributed by atoms with van der Waals surface area (Å²) in [4.78, 5) is 16.8. The normalized spacial score (nSPS) is 11.4. The fourth-order valence-corrected chi connectivity index (χ4v) is 3.77. The van der Waals surface area contributed by atoms with Crippen molar-refractivity contribution in [2.24, 2.45) is 0 Å². The fraction of sp³-hybridized carbons (Fsp3) is 0.185. The van der Waals surface area contributed by atoms with Gasteiger partial charge in [-0.15, -0.1) is 0 Å². The summed E-state index contributed by atoms with van der Waals surface area (Å²) in [6.07, 6.45) is 4.96. The van der Waals surface area contributed by atoms with E-state index in [9.17, 15) is 4.79 Å². The van der Waals surface area contributed by atoms with Gasteiger partial charge >= 0.3 is 0 Å². The molecule has 4 aromatic rings. The molecule has 2 aromatic carbocycles. The third-order valence-electron chi connectivity index (χ3n) is 5.53. The summed E-state index contributed by atoms with van der Waals surface area (Å²) in [6, 6.07) is 15.1. The number of nitrogens with zero attached hydrogens (tertiary/aromatic N) is 1. The number of carbonyl (C=O) groups excluding carboxylic acids is 1. The molecule has 2 heterocycles. The Bertz CT molecular complexity index is 1340. The van der Waals surface area contributed by atoms with Crippen LogP contribution in [0.4, 0.5) is 0 Å². The van der Waals surface area contributed by atoms with Gasteiger partial charge in [0.1, 0.15) is 11.3 Å². The lowest BCUT2D eigenvalue weighted by atomic mass is 9.99. The fourth-order valence-electron chi connectivity index (χ4n) is 3.77. The second-order valence-corrected chi connectivity index (χ2v) is 7.63. The van der Waals surface area contributed by atoms with Crippen molar-refractivity contribution >= 4 is 22.4 Å². The maximum atomic E-state index is 12.5. The summed E-state index contributed by atoms with van der Waals surface area (Å²) in [5.41, 5.74) is 4.84. The second kappa shape index (κ2) is 10.1. The van der Waals surface area contributed by atoms with Crippen molar-refractivity contribution in [1.29, 1.82) is 0 Å². The van der Waals surface area contributed by atoms with Gasteiger partial charge in [-0.2, -0.15) is 0 Å². The number of amides is 1. The quantitative estimate of drug-likeness (QED) is 0.364. The lowest BCUT2D eigenvalue weighted by Crippen LogP contribution is -2.21. The van der Waals surface area contributed by atoms with E-state index in [1.165, 1.54) is 0 Å². The number of carbonyl (C=O) groups is 1. The van der Waals surface area contributed by atoms with Crippen molar-refractivity contribution in [3.05, 3.63) is 78.3 Å². The Hall–Kier alpha value is -4.26. The maximum absolute atomic E-state index is 12.5. The van der Waals surface area contributed by atoms with Crippen LogP contribution >= 0.6 is 0 Å². The first-order valence-electron chi connectivity index (χ1n) is 10.7. The number of furan rings is 1. The van der Waals surface area contributed by atoms with Crippen molar-refractivity contribution in [3.63, 3.8) is 0 Å². The third-order valence-corrected chi connectivity index (χ3v) is 5.53. The zero-order chi connectivity index (χ0) is 24.1. The van der Waals surface area contributed by atoms with Crippen LogP contribution in [0, 0.1) is 0 Å². The molecule has 0 radical (unpaired) electrons. The van der Waals surface area contributed by atoms with Crippen molar-refractivity contribution in [2.75, 3.05) is 21.3 Å². The van der Waals surface area contributed by atoms with Crippen LogP contribution in [0.2, 0.25) is 0 Å². The van der Waals surface area contributed by atoms with E-state index in [-0.39, 0.29) is 5.91 Å². The average Bonchev–Trinajstić information content (AvgIpc) is 3.29. The number of ether oxygens (including phenoxy) is 3. The van der Waals surface area contributed by atoms with Gasteiger partial charge < -0.3 is 23.9 Å². The molecule has 0 saturated heterocycles. The average molecular weight is 459 g/mol. The molecule has 1 N–H and O–H groups in total. The smallest absolute Gasteiger partial charge is 0.244 e. The molecule has 7 heteroatoms. The monoisotopic (exact) mass is 458 g/mol. The lowest BCUT2D eigenvalue weighted by Gasteiger charge is -2.11. The number of hydrogen-bond donors (Lipinski definition) is 1. The predicted molar refractivity (Wildman–Crippen MR) is 131 cm³/mol. The summed E-state index contributed by atoms with van der Waals surface area (Å²) in [6.45, 7) is 2.23. The van der Waals surface area contributed by atoms with Gasteiger partial charge in [-0.05, 0) is 48.4 Å². The van der Waals surface area contributed by atoms with E-state index < -0.39 is 0 Å². The maximum Gasteiger partial charge on any atom is 0.244 e. The molecule has 0 aliphatic heterocycles. The first-order valence-corrected chi connectivity index (χ1v) is 10.7. The summed E-state index contributed by atoms with van der Waals surface area (Å²) in [5, 5.41) is 3.76. The number of benzene rings is 2. The van der Waals surface area contributed by atoms with Crippen LogP contribution in [0.25, 0.3) is 27.7 Å². The van der Waals surface area contributed by atoms with E-state index in [2.05, 4.69) is 10.3 Å². The van der Waals surface area contributed by atoms with Crippen LogP contribution in [-0.2, 0) is 11.3 Å². The number of allylic oxidation sites excluding steroid dienone is 1. The zero-order valence-electron chi connectivity index (χ0n) is 19.5. The predicted octanol–water partition coefficient (Wildman–Crippen LogP) is 5.24. The lowest BCUT2D eigenvalue weighted by molar-refractivity contribution is -0.116. The SMILES string of the molecule is COc1ccc(-c2coc3cc(OC)c(/C(C)=C/C(=O)NCc4ccccn4)cc23)cc1OC. The standard InChI is InChI=1S/C27H26N2O5/c1-17(11-27(30)29-15-19-7-5-6-10-28-19)20-13-21-22(16-34-25(21)14-24(20)32-3)18-8-9-23(31-2)26(12-18)33-4/h5-14,16H,15H2,1-4H3,(H,29,30)/b17-11+. The number of pyridine rings is 1. The van der Waals surface area contributed by atoms with Gasteiger partial charge in [0.05, 0.1) is 39.8 Å². The number of methoxy groups -OCH3 is 3. The van der Waals surface area contributed by atoms with Crippen molar-refractivity contribution in [2.45, 2.75) is 13.5 Å². The van der Waals surface area contributed by atoms with E-state index in [4.69, 9.17) is 18.6 Å². The van der Waals surface area contributed by atoms with Gasteiger partial charge in [-0.1, -0.05) is 12.1 Å². The number of fused-ring (bicyclic) bond motifs is 1. The van der Waals surface area contributed by atoms with Crippen molar-refractivity contribution in [3.8, 4) is 28.4 Å². The highest BCUT2D eigenvalue weighted by Crippen LogP contribution is 2.39. The number of aromatic nitrogens is 1. The highest BCUT2D eigenvalue weighted by molar-refractivity contribution is 6.00. The van der Waals surface area contributed by atoms with Gasteiger partial charge in [0.15, 0.2) is 11.5 Å². The molecule has 34 heavy (non-hydrogen) atoms. The highest BCUT2D eigenvalue weighted by Gasteiger charge is 2.16. The Labute approximate surface area is 198 Å². The highest BCUT2D eigenvalue weighted by atomic mass is 16.5. The van der Waals surface area contributed by atoms with Gasteiger partial charge in [0.25, 0.3) is 0 Å². The molecule has 0 atom stereocenters. The molecule has 1 amide bonds. The molecule has 0 spiro atoms. The zero-order valence-corrected chi connectivity index (χ0v) is 19.5. The van der Waals surface area contributed by atoms with Crippen molar-refractivity contribution < 1.29 is 23.4 Å². The molecule has 0 saturated carbocycles. The number of rotatable bonds is 8.